The van der Waals surface area contributed by atoms with Crippen LogP contribution in [0.4, 0.5) is 5.82 Å². The quantitative estimate of drug-likeness (QED) is 0.658. The second-order valence-electron chi connectivity index (χ2n) is 5.41. The van der Waals surface area contributed by atoms with Gasteiger partial charge in [-0.2, -0.15) is 5.10 Å². The normalized spacial score (nSPS) is 10.8. The molecule has 1 aromatic carbocycles. The fourth-order valence-corrected chi connectivity index (χ4v) is 2.46. The van der Waals surface area contributed by atoms with Gasteiger partial charge in [0.05, 0.1) is 17.1 Å². The molecule has 0 aliphatic heterocycles. The molecule has 5 nitrogen and oxygen atoms in total. The molecule has 118 valence electrons. The molecular formula is C18H21N5. The van der Waals surface area contributed by atoms with Crippen LogP contribution >= 0.6 is 0 Å². The molecule has 0 unspecified atom stereocenters. The lowest BCUT2D eigenvalue weighted by atomic mass is 10.2. The van der Waals surface area contributed by atoms with Crippen molar-refractivity contribution in [3.05, 3.63) is 72.2 Å². The maximum absolute atomic E-state index is 6.06. The second-order valence-corrected chi connectivity index (χ2v) is 5.41. The number of nitrogens with zero attached hydrogens (tertiary/aromatic N) is 3. The number of benzene rings is 1. The Morgan fingerprint density at radius 1 is 1.00 bits per heavy atom. The van der Waals surface area contributed by atoms with Gasteiger partial charge in [-0.05, 0) is 43.7 Å². The first-order chi connectivity index (χ1) is 11.3. The highest BCUT2D eigenvalue weighted by Gasteiger charge is 2.06. The van der Waals surface area contributed by atoms with Crippen molar-refractivity contribution in [1.82, 2.24) is 20.1 Å². The molecule has 0 aliphatic rings. The van der Waals surface area contributed by atoms with Crippen LogP contribution < -0.4 is 11.1 Å². The highest BCUT2D eigenvalue weighted by molar-refractivity contribution is 5.42. The smallest absolute Gasteiger partial charge is 0.127 e. The largest absolute Gasteiger partial charge is 0.384 e. The van der Waals surface area contributed by atoms with Crippen molar-refractivity contribution in [2.45, 2.75) is 19.4 Å². The van der Waals surface area contributed by atoms with Crippen molar-refractivity contribution in [3.63, 3.8) is 0 Å². The molecule has 0 saturated heterocycles. The fourth-order valence-electron chi connectivity index (χ4n) is 2.46. The minimum atomic E-state index is 0.674. The zero-order chi connectivity index (χ0) is 15.9. The van der Waals surface area contributed by atoms with E-state index in [-0.39, 0.29) is 0 Å². The van der Waals surface area contributed by atoms with Crippen LogP contribution in [0.2, 0.25) is 0 Å². The van der Waals surface area contributed by atoms with Crippen LogP contribution in [0.5, 0.6) is 0 Å². The maximum Gasteiger partial charge on any atom is 0.127 e. The van der Waals surface area contributed by atoms with Gasteiger partial charge in [-0.1, -0.05) is 24.3 Å². The van der Waals surface area contributed by atoms with E-state index < -0.39 is 0 Å². The summed E-state index contributed by atoms with van der Waals surface area (Å²) in [5, 5.41) is 7.98. The molecule has 5 heteroatoms. The van der Waals surface area contributed by atoms with E-state index in [1.807, 2.05) is 60.8 Å². The third kappa shape index (κ3) is 4.17. The topological polar surface area (TPSA) is 68.8 Å². The van der Waals surface area contributed by atoms with Gasteiger partial charge in [0.2, 0.25) is 0 Å². The van der Waals surface area contributed by atoms with E-state index in [2.05, 4.69) is 15.4 Å². The van der Waals surface area contributed by atoms with Crippen molar-refractivity contribution < 1.29 is 0 Å². The van der Waals surface area contributed by atoms with Gasteiger partial charge in [0.25, 0.3) is 0 Å². The summed E-state index contributed by atoms with van der Waals surface area (Å²) in [6, 6.07) is 17.9. The van der Waals surface area contributed by atoms with Crippen molar-refractivity contribution in [2.24, 2.45) is 0 Å². The Balaban J connectivity index is 1.48. The predicted molar refractivity (Wildman–Crippen MR) is 92.2 cm³/mol. The summed E-state index contributed by atoms with van der Waals surface area (Å²) in [7, 11) is 0. The van der Waals surface area contributed by atoms with Crippen LogP contribution in [0.3, 0.4) is 0 Å². The van der Waals surface area contributed by atoms with Crippen LogP contribution in [0.25, 0.3) is 5.69 Å². The van der Waals surface area contributed by atoms with Gasteiger partial charge in [-0.3, -0.25) is 4.98 Å². The van der Waals surface area contributed by atoms with Crippen LogP contribution in [-0.2, 0) is 13.0 Å². The number of para-hydroxylation sites is 1. The molecule has 0 spiro atoms. The van der Waals surface area contributed by atoms with Crippen LogP contribution in [0.15, 0.2) is 60.8 Å². The summed E-state index contributed by atoms with van der Waals surface area (Å²) in [5.41, 5.74) is 9.13. The lowest BCUT2D eigenvalue weighted by Gasteiger charge is -2.03. The third-order valence-electron chi connectivity index (χ3n) is 3.61. The molecule has 23 heavy (non-hydrogen) atoms. The maximum atomic E-state index is 6.06. The van der Waals surface area contributed by atoms with E-state index in [1.165, 1.54) is 0 Å². The number of pyridine rings is 1. The number of anilines is 1. The zero-order valence-electron chi connectivity index (χ0n) is 13.0. The van der Waals surface area contributed by atoms with Gasteiger partial charge in [-0.25, -0.2) is 4.68 Å². The lowest BCUT2D eigenvalue weighted by molar-refractivity contribution is 0.634. The molecule has 0 fully saturated rings. The molecule has 2 aromatic heterocycles. The number of rotatable bonds is 7. The number of nitrogens with two attached hydrogens (primary N) is 1. The van der Waals surface area contributed by atoms with Crippen LogP contribution in [-0.4, -0.2) is 21.3 Å². The predicted octanol–water partition coefficient (Wildman–Crippen LogP) is 2.57. The molecule has 0 amide bonds. The van der Waals surface area contributed by atoms with Gasteiger partial charge in [0, 0.05) is 18.8 Å². The number of nitrogens with one attached hydrogen (secondary N) is 1. The van der Waals surface area contributed by atoms with Gasteiger partial charge in [-0.15, -0.1) is 0 Å². The summed E-state index contributed by atoms with van der Waals surface area (Å²) < 4.78 is 1.79. The molecule has 3 rings (SSSR count). The lowest BCUT2D eigenvalue weighted by Crippen LogP contribution is -2.16. The van der Waals surface area contributed by atoms with E-state index in [0.29, 0.717) is 5.82 Å². The highest BCUT2D eigenvalue weighted by atomic mass is 15.3. The monoisotopic (exact) mass is 307 g/mol. The molecule has 0 saturated carbocycles. The minimum Gasteiger partial charge on any atom is -0.384 e. The Labute approximate surface area is 136 Å². The Kier molecular flexibility index (Phi) is 5.01. The van der Waals surface area contributed by atoms with E-state index in [4.69, 9.17) is 5.73 Å². The summed E-state index contributed by atoms with van der Waals surface area (Å²) in [6.45, 7) is 1.72. The Morgan fingerprint density at radius 2 is 1.83 bits per heavy atom. The number of aryl methyl sites for hydroxylation is 1. The molecule has 0 atom stereocenters. The van der Waals surface area contributed by atoms with Crippen molar-refractivity contribution in [2.75, 3.05) is 12.3 Å². The molecule has 3 aromatic rings. The second kappa shape index (κ2) is 7.56. The zero-order valence-corrected chi connectivity index (χ0v) is 13.0. The molecule has 0 radical (unpaired) electrons. The SMILES string of the molecule is Nc1cc(CCCNCc2ccccn2)nn1-c1ccccc1. The minimum absolute atomic E-state index is 0.674. The van der Waals surface area contributed by atoms with Crippen LogP contribution in [0.1, 0.15) is 17.8 Å². The third-order valence-corrected chi connectivity index (χ3v) is 3.61. The summed E-state index contributed by atoms with van der Waals surface area (Å²) >= 11 is 0. The van der Waals surface area contributed by atoms with E-state index in [0.717, 1.165) is 43.0 Å². The molecule has 0 bridgehead atoms. The first-order valence-corrected chi connectivity index (χ1v) is 7.83. The first-order valence-electron chi connectivity index (χ1n) is 7.83. The van der Waals surface area contributed by atoms with Gasteiger partial charge < -0.3 is 11.1 Å². The Morgan fingerprint density at radius 3 is 2.61 bits per heavy atom. The van der Waals surface area contributed by atoms with Crippen molar-refractivity contribution >= 4 is 5.82 Å². The van der Waals surface area contributed by atoms with E-state index in [1.54, 1.807) is 4.68 Å². The average Bonchev–Trinajstić information content (AvgIpc) is 2.97. The van der Waals surface area contributed by atoms with Gasteiger partial charge >= 0.3 is 0 Å². The Bertz CT molecular complexity index is 722. The number of aromatic nitrogens is 3. The standard InChI is InChI=1S/C18H21N5/c19-18-13-15(22-23(18)17-9-2-1-3-10-17)8-6-11-20-14-16-7-4-5-12-21-16/h1-5,7,9-10,12-13,20H,6,8,11,14,19H2. The average molecular weight is 307 g/mol. The highest BCUT2D eigenvalue weighted by Crippen LogP contribution is 2.14. The summed E-state index contributed by atoms with van der Waals surface area (Å²) in [4.78, 5) is 4.29. The molecule has 0 aliphatic carbocycles. The number of hydrogen-bond acceptors (Lipinski definition) is 4. The van der Waals surface area contributed by atoms with Crippen LogP contribution in [0, 0.1) is 0 Å². The number of nitrogen functional groups attached to an aromatic ring is 1. The fraction of sp³-hybridized carbons (Fsp3) is 0.222. The van der Waals surface area contributed by atoms with E-state index in [9.17, 15) is 0 Å². The van der Waals surface area contributed by atoms with Gasteiger partial charge in [0.15, 0.2) is 0 Å². The Hall–Kier alpha value is -2.66. The summed E-state index contributed by atoms with van der Waals surface area (Å²) in [5.74, 6) is 0.674. The first kappa shape index (κ1) is 15.2. The van der Waals surface area contributed by atoms with Gasteiger partial charge in [0.1, 0.15) is 5.82 Å². The van der Waals surface area contributed by atoms with E-state index >= 15 is 0 Å². The molecule has 2 heterocycles. The van der Waals surface area contributed by atoms with Crippen molar-refractivity contribution in [3.8, 4) is 5.69 Å². The molecule has 3 N–H and O–H groups in total. The number of hydrogen-bond donors (Lipinski definition) is 2. The summed E-state index contributed by atoms with van der Waals surface area (Å²) in [6.07, 6.45) is 3.73. The molecular weight excluding hydrogens is 286 g/mol. The van der Waals surface area contributed by atoms with Crippen molar-refractivity contribution in [1.29, 1.82) is 0 Å².